The van der Waals surface area contributed by atoms with E-state index in [9.17, 15) is 0 Å². The molecule has 1 heterocycles. The molecular formula is C14H21N. The Morgan fingerprint density at radius 3 is 2.60 bits per heavy atom. The molecule has 1 heteroatoms. The molecule has 0 saturated carbocycles. The van der Waals surface area contributed by atoms with Crippen molar-refractivity contribution in [2.45, 2.75) is 38.6 Å². The third-order valence-electron chi connectivity index (χ3n) is 3.51. The van der Waals surface area contributed by atoms with E-state index in [-0.39, 0.29) is 0 Å². The van der Waals surface area contributed by atoms with Crippen LogP contribution >= 0.6 is 0 Å². The molecule has 0 amide bonds. The van der Waals surface area contributed by atoms with Crippen molar-refractivity contribution in [3.63, 3.8) is 0 Å². The van der Waals surface area contributed by atoms with Crippen LogP contribution in [0.1, 0.15) is 38.2 Å². The van der Waals surface area contributed by atoms with Gasteiger partial charge in [0.25, 0.3) is 0 Å². The molecule has 1 aliphatic rings. The van der Waals surface area contributed by atoms with Gasteiger partial charge < -0.3 is 5.32 Å². The molecule has 0 unspecified atom stereocenters. The van der Waals surface area contributed by atoms with Gasteiger partial charge in [0.15, 0.2) is 0 Å². The summed E-state index contributed by atoms with van der Waals surface area (Å²) >= 11 is 0. The molecule has 15 heavy (non-hydrogen) atoms. The van der Waals surface area contributed by atoms with Gasteiger partial charge in [-0.15, -0.1) is 0 Å². The summed E-state index contributed by atoms with van der Waals surface area (Å²) in [5.74, 6) is 1.51. The number of rotatable bonds is 2. The van der Waals surface area contributed by atoms with E-state index in [1.807, 2.05) is 0 Å². The molecule has 82 valence electrons. The average Bonchev–Trinajstić information content (AvgIpc) is 2.30. The van der Waals surface area contributed by atoms with E-state index in [4.69, 9.17) is 0 Å². The highest BCUT2D eigenvalue weighted by molar-refractivity contribution is 5.20. The number of piperidine rings is 1. The minimum atomic E-state index is 0.698. The van der Waals surface area contributed by atoms with Crippen LogP contribution in [0.15, 0.2) is 30.3 Å². The summed E-state index contributed by atoms with van der Waals surface area (Å²) < 4.78 is 0. The molecule has 0 bridgehead atoms. The van der Waals surface area contributed by atoms with Gasteiger partial charge in [-0.05, 0) is 36.8 Å². The van der Waals surface area contributed by atoms with Crippen LogP contribution in [0, 0.1) is 5.92 Å². The summed E-state index contributed by atoms with van der Waals surface area (Å²) in [6, 6.07) is 11.7. The lowest BCUT2D eigenvalue weighted by atomic mass is 9.83. The van der Waals surface area contributed by atoms with E-state index in [2.05, 4.69) is 49.5 Å². The van der Waals surface area contributed by atoms with Gasteiger partial charge in [-0.3, -0.25) is 0 Å². The maximum Gasteiger partial charge on any atom is 0.00958 e. The molecular weight excluding hydrogens is 182 g/mol. The number of benzene rings is 1. The molecule has 1 aliphatic heterocycles. The molecule has 1 saturated heterocycles. The molecule has 0 aliphatic carbocycles. The van der Waals surface area contributed by atoms with Gasteiger partial charge in [0.05, 0.1) is 0 Å². The fraction of sp³-hybridized carbons (Fsp3) is 0.571. The molecule has 1 N–H and O–H groups in total. The van der Waals surface area contributed by atoms with Crippen LogP contribution in [0.4, 0.5) is 0 Å². The van der Waals surface area contributed by atoms with E-state index < -0.39 is 0 Å². The monoisotopic (exact) mass is 203 g/mol. The van der Waals surface area contributed by atoms with Crippen molar-refractivity contribution in [3.05, 3.63) is 35.9 Å². The first-order valence-corrected chi connectivity index (χ1v) is 6.05. The Balaban J connectivity index is 2.05. The van der Waals surface area contributed by atoms with Gasteiger partial charge in [-0.2, -0.15) is 0 Å². The molecule has 0 radical (unpaired) electrons. The van der Waals surface area contributed by atoms with Crippen LogP contribution in [0.5, 0.6) is 0 Å². The van der Waals surface area contributed by atoms with Gasteiger partial charge in [-0.1, -0.05) is 44.2 Å². The van der Waals surface area contributed by atoms with E-state index in [1.165, 1.54) is 24.9 Å². The van der Waals surface area contributed by atoms with Crippen molar-refractivity contribution >= 4 is 0 Å². The van der Waals surface area contributed by atoms with Crippen LogP contribution in [0.3, 0.4) is 0 Å². The normalized spacial score (nSPS) is 26.9. The van der Waals surface area contributed by atoms with Crippen LogP contribution in [-0.4, -0.2) is 12.6 Å². The quantitative estimate of drug-likeness (QED) is 0.778. The van der Waals surface area contributed by atoms with Crippen LogP contribution < -0.4 is 5.32 Å². The van der Waals surface area contributed by atoms with Crippen molar-refractivity contribution in [1.29, 1.82) is 0 Å². The maximum absolute atomic E-state index is 3.62. The van der Waals surface area contributed by atoms with Crippen molar-refractivity contribution in [2.75, 3.05) is 6.54 Å². The zero-order valence-corrected chi connectivity index (χ0v) is 9.74. The Kier molecular flexibility index (Phi) is 3.42. The third-order valence-corrected chi connectivity index (χ3v) is 3.51. The second-order valence-corrected chi connectivity index (χ2v) is 4.94. The van der Waals surface area contributed by atoms with Crippen LogP contribution in [0.25, 0.3) is 0 Å². The highest BCUT2D eigenvalue weighted by atomic mass is 14.9. The summed E-state index contributed by atoms with van der Waals surface area (Å²) in [7, 11) is 0. The molecule has 1 fully saturated rings. The predicted octanol–water partition coefficient (Wildman–Crippen LogP) is 3.18. The molecule has 1 aromatic rings. The maximum atomic E-state index is 3.62. The Labute approximate surface area is 92.9 Å². The number of nitrogens with one attached hydrogen (secondary N) is 1. The van der Waals surface area contributed by atoms with Gasteiger partial charge in [-0.25, -0.2) is 0 Å². The molecule has 1 nitrogen and oxygen atoms in total. The van der Waals surface area contributed by atoms with Crippen molar-refractivity contribution in [2.24, 2.45) is 5.92 Å². The van der Waals surface area contributed by atoms with Crippen molar-refractivity contribution in [1.82, 2.24) is 5.32 Å². The van der Waals surface area contributed by atoms with E-state index in [0.29, 0.717) is 6.04 Å². The summed E-state index contributed by atoms with van der Waals surface area (Å²) in [6.45, 7) is 5.79. The molecule has 0 aromatic heterocycles. The lowest BCUT2D eigenvalue weighted by Crippen LogP contribution is -2.40. The number of hydrogen-bond acceptors (Lipinski definition) is 1. The van der Waals surface area contributed by atoms with Crippen molar-refractivity contribution < 1.29 is 0 Å². The van der Waals surface area contributed by atoms with Gasteiger partial charge >= 0.3 is 0 Å². The van der Waals surface area contributed by atoms with Crippen LogP contribution in [-0.2, 0) is 0 Å². The summed E-state index contributed by atoms with van der Waals surface area (Å²) in [6.07, 6.45) is 2.58. The third kappa shape index (κ3) is 2.60. The van der Waals surface area contributed by atoms with E-state index in [0.717, 1.165) is 11.8 Å². The molecule has 2 rings (SSSR count). The van der Waals surface area contributed by atoms with Crippen molar-refractivity contribution in [3.8, 4) is 0 Å². The smallest absolute Gasteiger partial charge is 0.00958 e. The molecule has 2 atom stereocenters. The fourth-order valence-corrected chi connectivity index (χ4v) is 2.49. The Morgan fingerprint density at radius 1 is 1.20 bits per heavy atom. The summed E-state index contributed by atoms with van der Waals surface area (Å²) in [4.78, 5) is 0. The first-order chi connectivity index (χ1) is 7.27. The standard InChI is InChI=1S/C14H21N/c1-11(2)14-10-13(8-9-15-14)12-6-4-3-5-7-12/h3-7,11,13-15H,8-10H2,1-2H3/t13-,14+/m0/s1. The summed E-state index contributed by atoms with van der Waals surface area (Å²) in [5, 5.41) is 3.62. The average molecular weight is 203 g/mol. The molecule has 0 spiro atoms. The predicted molar refractivity (Wildman–Crippen MR) is 65.0 cm³/mol. The Bertz CT molecular complexity index is 291. The van der Waals surface area contributed by atoms with Gasteiger partial charge in [0.1, 0.15) is 0 Å². The zero-order chi connectivity index (χ0) is 10.7. The van der Waals surface area contributed by atoms with E-state index >= 15 is 0 Å². The Morgan fingerprint density at radius 2 is 1.93 bits per heavy atom. The highest BCUT2D eigenvalue weighted by Crippen LogP contribution is 2.29. The minimum Gasteiger partial charge on any atom is -0.314 e. The summed E-state index contributed by atoms with van der Waals surface area (Å²) in [5.41, 5.74) is 1.52. The van der Waals surface area contributed by atoms with Gasteiger partial charge in [0, 0.05) is 6.04 Å². The highest BCUT2D eigenvalue weighted by Gasteiger charge is 2.24. The first-order valence-electron chi connectivity index (χ1n) is 6.05. The largest absolute Gasteiger partial charge is 0.314 e. The second kappa shape index (κ2) is 4.80. The van der Waals surface area contributed by atoms with Gasteiger partial charge in [0.2, 0.25) is 0 Å². The lowest BCUT2D eigenvalue weighted by Gasteiger charge is -2.33. The second-order valence-electron chi connectivity index (χ2n) is 4.94. The molecule has 1 aromatic carbocycles. The zero-order valence-electron chi connectivity index (χ0n) is 9.74. The first kappa shape index (κ1) is 10.7. The number of hydrogen-bond donors (Lipinski definition) is 1. The van der Waals surface area contributed by atoms with E-state index in [1.54, 1.807) is 0 Å². The lowest BCUT2D eigenvalue weighted by molar-refractivity contribution is 0.299. The van der Waals surface area contributed by atoms with Crippen LogP contribution in [0.2, 0.25) is 0 Å². The minimum absolute atomic E-state index is 0.698. The SMILES string of the molecule is CC(C)[C@H]1C[C@@H](c2ccccc2)CCN1. The fourth-order valence-electron chi connectivity index (χ4n) is 2.49. The topological polar surface area (TPSA) is 12.0 Å². The Hall–Kier alpha value is -0.820.